The largest absolute Gasteiger partial charge is 0.414 e. The SMILES string of the molecule is CN(C(=O)C1CCNCC1)C(c1ccc(N[C@H]2Cc3ccccc3C2(C)C)cn1)C(F)(F)F. The van der Waals surface area contributed by atoms with Crippen LogP contribution in [-0.4, -0.2) is 48.1 Å². The number of alkyl halides is 3. The van der Waals surface area contributed by atoms with Crippen LogP contribution in [0.4, 0.5) is 18.9 Å². The van der Waals surface area contributed by atoms with Crippen LogP contribution in [0.2, 0.25) is 0 Å². The van der Waals surface area contributed by atoms with E-state index < -0.39 is 24.0 Å². The smallest absolute Gasteiger partial charge is 0.380 e. The molecule has 0 saturated carbocycles. The minimum Gasteiger partial charge on any atom is -0.380 e. The summed E-state index contributed by atoms with van der Waals surface area (Å²) < 4.78 is 42.0. The van der Waals surface area contributed by atoms with Gasteiger partial charge in [-0.3, -0.25) is 9.78 Å². The molecule has 1 aliphatic carbocycles. The number of anilines is 1. The minimum absolute atomic E-state index is 0.102. The molecule has 1 fully saturated rings. The van der Waals surface area contributed by atoms with Crippen molar-refractivity contribution in [3.8, 4) is 0 Å². The second-order valence-electron chi connectivity index (χ2n) is 9.67. The van der Waals surface area contributed by atoms with Gasteiger partial charge in [0.2, 0.25) is 5.91 Å². The Balaban J connectivity index is 1.51. The zero-order chi connectivity index (χ0) is 23.8. The third-order valence-electron chi connectivity index (χ3n) is 7.15. The Bertz CT molecular complexity index is 984. The molecule has 1 aromatic heterocycles. The molecule has 0 spiro atoms. The number of amides is 1. The van der Waals surface area contributed by atoms with Crippen LogP contribution >= 0.6 is 0 Å². The molecule has 2 aliphatic rings. The molecule has 4 rings (SSSR count). The molecular formula is C25H31F3N4O. The predicted octanol–water partition coefficient (Wildman–Crippen LogP) is 4.46. The van der Waals surface area contributed by atoms with Gasteiger partial charge >= 0.3 is 6.18 Å². The monoisotopic (exact) mass is 460 g/mol. The normalized spacial score (nSPS) is 21.3. The van der Waals surface area contributed by atoms with Crippen LogP contribution in [0.5, 0.6) is 0 Å². The number of halogens is 3. The lowest BCUT2D eigenvalue weighted by molar-refractivity contribution is -0.191. The van der Waals surface area contributed by atoms with Crippen molar-refractivity contribution < 1.29 is 18.0 Å². The van der Waals surface area contributed by atoms with E-state index in [0.717, 1.165) is 11.3 Å². The maximum absolute atomic E-state index is 14.0. The summed E-state index contributed by atoms with van der Waals surface area (Å²) >= 11 is 0. The molecule has 1 amide bonds. The maximum Gasteiger partial charge on any atom is 0.414 e. The van der Waals surface area contributed by atoms with Crippen molar-refractivity contribution in [3.63, 3.8) is 0 Å². The van der Waals surface area contributed by atoms with Gasteiger partial charge in [0.1, 0.15) is 0 Å². The number of piperidine rings is 1. The summed E-state index contributed by atoms with van der Waals surface area (Å²) in [6.45, 7) is 5.61. The highest BCUT2D eigenvalue weighted by atomic mass is 19.4. The fourth-order valence-corrected chi connectivity index (χ4v) is 5.14. The standard InChI is InChI=1S/C25H31F3N4O/c1-24(2)19-7-5-4-6-17(19)14-21(24)31-18-8-9-20(30-15-18)22(25(26,27)28)32(3)23(33)16-10-12-29-13-11-16/h4-9,15-16,21-22,29,31H,10-14H2,1-3H3/t21-,22?/m0/s1. The molecule has 0 radical (unpaired) electrons. The van der Waals surface area contributed by atoms with Crippen LogP contribution in [0.1, 0.15) is 49.6 Å². The van der Waals surface area contributed by atoms with Crippen molar-refractivity contribution in [2.45, 2.75) is 56.8 Å². The fraction of sp³-hybridized carbons (Fsp3) is 0.520. The Hall–Kier alpha value is -2.61. The highest BCUT2D eigenvalue weighted by Crippen LogP contribution is 2.41. The number of rotatable bonds is 5. The van der Waals surface area contributed by atoms with E-state index in [1.165, 1.54) is 30.4 Å². The Labute approximate surface area is 192 Å². The van der Waals surface area contributed by atoms with E-state index in [4.69, 9.17) is 0 Å². The van der Waals surface area contributed by atoms with Gasteiger partial charge in [-0.25, -0.2) is 0 Å². The Kier molecular flexibility index (Phi) is 6.40. The molecule has 8 heteroatoms. The first-order valence-corrected chi connectivity index (χ1v) is 11.4. The van der Waals surface area contributed by atoms with Crippen molar-refractivity contribution in [2.24, 2.45) is 5.92 Å². The summed E-state index contributed by atoms with van der Waals surface area (Å²) in [5.41, 5.74) is 2.93. The number of nitrogens with one attached hydrogen (secondary N) is 2. The van der Waals surface area contributed by atoms with Crippen LogP contribution < -0.4 is 10.6 Å². The van der Waals surface area contributed by atoms with Crippen LogP contribution in [0.25, 0.3) is 0 Å². The molecule has 1 saturated heterocycles. The molecule has 1 unspecified atom stereocenters. The first-order chi connectivity index (χ1) is 15.6. The summed E-state index contributed by atoms with van der Waals surface area (Å²) in [6.07, 6.45) is -1.25. The average molecular weight is 461 g/mol. The van der Waals surface area contributed by atoms with E-state index in [1.54, 1.807) is 6.07 Å². The highest BCUT2D eigenvalue weighted by Gasteiger charge is 2.47. The van der Waals surface area contributed by atoms with Crippen LogP contribution in [-0.2, 0) is 16.6 Å². The van der Waals surface area contributed by atoms with Crippen LogP contribution in [0.3, 0.4) is 0 Å². The number of hydrogen-bond donors (Lipinski definition) is 2. The van der Waals surface area contributed by atoms with Gasteiger partial charge in [-0.2, -0.15) is 13.2 Å². The number of aromatic nitrogens is 1. The summed E-state index contributed by atoms with van der Waals surface area (Å²) in [6, 6.07) is 9.33. The van der Waals surface area contributed by atoms with Gasteiger partial charge in [-0.1, -0.05) is 38.1 Å². The lowest BCUT2D eigenvalue weighted by Gasteiger charge is -2.33. The number of carbonyl (C=O) groups excluding carboxylic acids is 1. The van der Waals surface area contributed by atoms with Crippen molar-refractivity contribution in [2.75, 3.05) is 25.5 Å². The molecule has 33 heavy (non-hydrogen) atoms. The van der Waals surface area contributed by atoms with E-state index in [0.29, 0.717) is 31.6 Å². The second-order valence-corrected chi connectivity index (χ2v) is 9.67. The third kappa shape index (κ3) is 4.71. The predicted molar refractivity (Wildman–Crippen MR) is 122 cm³/mol. The van der Waals surface area contributed by atoms with Crippen molar-refractivity contribution >= 4 is 11.6 Å². The van der Waals surface area contributed by atoms with Crippen molar-refractivity contribution in [1.29, 1.82) is 0 Å². The summed E-state index contributed by atoms with van der Waals surface area (Å²) in [5.74, 6) is -0.874. The molecule has 2 heterocycles. The topological polar surface area (TPSA) is 57.3 Å². The van der Waals surface area contributed by atoms with E-state index >= 15 is 0 Å². The number of benzene rings is 1. The van der Waals surface area contributed by atoms with Gasteiger partial charge in [0.15, 0.2) is 6.04 Å². The fourth-order valence-electron chi connectivity index (χ4n) is 5.14. The van der Waals surface area contributed by atoms with Gasteiger partial charge in [-0.15, -0.1) is 0 Å². The lowest BCUT2D eigenvalue weighted by atomic mass is 9.83. The maximum atomic E-state index is 14.0. The Morgan fingerprint density at radius 3 is 2.48 bits per heavy atom. The van der Waals surface area contributed by atoms with Gasteiger partial charge in [-0.05, 0) is 55.6 Å². The van der Waals surface area contributed by atoms with Gasteiger partial charge < -0.3 is 15.5 Å². The van der Waals surface area contributed by atoms with E-state index in [9.17, 15) is 18.0 Å². The molecule has 1 aliphatic heterocycles. The zero-order valence-corrected chi connectivity index (χ0v) is 19.2. The summed E-state index contributed by atoms with van der Waals surface area (Å²) in [4.78, 5) is 17.8. The first-order valence-electron chi connectivity index (χ1n) is 11.4. The Morgan fingerprint density at radius 2 is 1.88 bits per heavy atom. The lowest BCUT2D eigenvalue weighted by Crippen LogP contribution is -2.45. The molecule has 0 bridgehead atoms. The zero-order valence-electron chi connectivity index (χ0n) is 19.2. The molecule has 2 N–H and O–H groups in total. The molecule has 1 aromatic carbocycles. The van der Waals surface area contributed by atoms with E-state index in [1.807, 2.05) is 12.1 Å². The third-order valence-corrected chi connectivity index (χ3v) is 7.15. The van der Waals surface area contributed by atoms with Crippen molar-refractivity contribution in [1.82, 2.24) is 15.2 Å². The summed E-state index contributed by atoms with van der Waals surface area (Å²) in [5, 5.41) is 6.59. The van der Waals surface area contributed by atoms with Gasteiger partial charge in [0.25, 0.3) is 0 Å². The number of hydrogen-bond acceptors (Lipinski definition) is 4. The van der Waals surface area contributed by atoms with Crippen LogP contribution in [0, 0.1) is 5.92 Å². The minimum atomic E-state index is -4.62. The number of carbonyl (C=O) groups is 1. The number of fused-ring (bicyclic) bond motifs is 1. The molecular weight excluding hydrogens is 429 g/mol. The molecule has 178 valence electrons. The van der Waals surface area contributed by atoms with Crippen molar-refractivity contribution in [3.05, 3.63) is 59.4 Å². The molecule has 2 atom stereocenters. The summed E-state index contributed by atoms with van der Waals surface area (Å²) in [7, 11) is 1.23. The second kappa shape index (κ2) is 8.97. The molecule has 5 nitrogen and oxygen atoms in total. The van der Waals surface area contributed by atoms with Crippen LogP contribution in [0.15, 0.2) is 42.6 Å². The van der Waals surface area contributed by atoms with E-state index in [2.05, 4.69) is 41.6 Å². The number of pyridine rings is 1. The van der Waals surface area contributed by atoms with Gasteiger partial charge in [0, 0.05) is 24.4 Å². The number of nitrogens with zero attached hydrogens (tertiary/aromatic N) is 2. The quantitative estimate of drug-likeness (QED) is 0.692. The Morgan fingerprint density at radius 1 is 1.18 bits per heavy atom. The highest BCUT2D eigenvalue weighted by molar-refractivity contribution is 5.79. The molecule has 2 aromatic rings. The van der Waals surface area contributed by atoms with E-state index in [-0.39, 0.29) is 17.2 Å². The first kappa shape index (κ1) is 23.5. The average Bonchev–Trinajstić information content (AvgIpc) is 3.04. The van der Waals surface area contributed by atoms with Gasteiger partial charge in [0.05, 0.1) is 17.6 Å².